The van der Waals surface area contributed by atoms with E-state index in [1.807, 2.05) is 13.8 Å². The van der Waals surface area contributed by atoms with Crippen molar-refractivity contribution in [1.29, 1.82) is 0 Å². The summed E-state index contributed by atoms with van der Waals surface area (Å²) in [5.74, 6) is -0.870. The molecule has 0 aliphatic carbocycles. The summed E-state index contributed by atoms with van der Waals surface area (Å²) in [6.07, 6.45) is 0.985. The van der Waals surface area contributed by atoms with E-state index in [2.05, 4.69) is 0 Å². The molecule has 0 saturated carbocycles. The number of nitrogens with zero attached hydrogens (tertiary/aromatic N) is 1. The number of halogens is 1. The van der Waals surface area contributed by atoms with Gasteiger partial charge in [-0.1, -0.05) is 13.8 Å². The Kier molecular flexibility index (Phi) is 4.22. The SMILES string of the molecule is CC(C)COC(=O)Cn1cc(F)ccc1=O. The molecule has 4 nitrogen and oxygen atoms in total. The van der Waals surface area contributed by atoms with Gasteiger partial charge in [0, 0.05) is 12.3 Å². The fourth-order valence-corrected chi connectivity index (χ4v) is 1.07. The molecule has 16 heavy (non-hydrogen) atoms. The Morgan fingerprint density at radius 3 is 2.81 bits per heavy atom. The van der Waals surface area contributed by atoms with Crippen LogP contribution in [-0.4, -0.2) is 17.1 Å². The molecule has 0 saturated heterocycles. The van der Waals surface area contributed by atoms with Crippen LogP contribution in [0.2, 0.25) is 0 Å². The number of hydrogen-bond donors (Lipinski definition) is 0. The van der Waals surface area contributed by atoms with Gasteiger partial charge in [0.25, 0.3) is 5.56 Å². The van der Waals surface area contributed by atoms with Gasteiger partial charge in [0.05, 0.1) is 6.61 Å². The second-order valence-corrected chi connectivity index (χ2v) is 3.89. The maximum absolute atomic E-state index is 12.8. The Labute approximate surface area is 92.7 Å². The number of esters is 1. The zero-order chi connectivity index (χ0) is 12.1. The lowest BCUT2D eigenvalue weighted by Gasteiger charge is -2.08. The van der Waals surface area contributed by atoms with Gasteiger partial charge < -0.3 is 9.30 Å². The van der Waals surface area contributed by atoms with Crippen LogP contribution in [0.1, 0.15) is 13.8 Å². The Balaban J connectivity index is 2.62. The van der Waals surface area contributed by atoms with E-state index < -0.39 is 17.3 Å². The molecule has 0 aliphatic heterocycles. The molecule has 1 aromatic heterocycles. The van der Waals surface area contributed by atoms with E-state index in [1.165, 1.54) is 0 Å². The maximum Gasteiger partial charge on any atom is 0.326 e. The number of carbonyl (C=O) groups excluding carboxylic acids is 1. The van der Waals surface area contributed by atoms with Gasteiger partial charge in [-0.25, -0.2) is 4.39 Å². The average molecular weight is 227 g/mol. The fourth-order valence-electron chi connectivity index (χ4n) is 1.07. The third-order valence-corrected chi connectivity index (χ3v) is 1.82. The highest BCUT2D eigenvalue weighted by molar-refractivity contribution is 5.69. The van der Waals surface area contributed by atoms with Crippen LogP contribution in [0.25, 0.3) is 0 Å². The number of rotatable bonds is 4. The van der Waals surface area contributed by atoms with Crippen LogP contribution in [0.15, 0.2) is 23.1 Å². The lowest BCUT2D eigenvalue weighted by Crippen LogP contribution is -2.25. The van der Waals surface area contributed by atoms with E-state index in [4.69, 9.17) is 4.74 Å². The van der Waals surface area contributed by atoms with Crippen molar-refractivity contribution in [3.8, 4) is 0 Å². The molecule has 1 rings (SSSR count). The summed E-state index contributed by atoms with van der Waals surface area (Å²) in [5, 5.41) is 0. The lowest BCUT2D eigenvalue weighted by molar-refractivity contribution is -0.145. The van der Waals surface area contributed by atoms with E-state index in [0.29, 0.717) is 6.61 Å². The van der Waals surface area contributed by atoms with Crippen LogP contribution < -0.4 is 5.56 Å². The average Bonchev–Trinajstić information content (AvgIpc) is 2.20. The predicted molar refractivity (Wildman–Crippen MR) is 56.5 cm³/mol. The van der Waals surface area contributed by atoms with E-state index in [0.717, 1.165) is 22.9 Å². The number of carbonyl (C=O) groups is 1. The molecule has 5 heteroatoms. The van der Waals surface area contributed by atoms with E-state index in [-0.39, 0.29) is 12.5 Å². The van der Waals surface area contributed by atoms with Gasteiger partial charge in [-0.2, -0.15) is 0 Å². The van der Waals surface area contributed by atoms with Crippen LogP contribution in [0.4, 0.5) is 4.39 Å². The van der Waals surface area contributed by atoms with Crippen molar-refractivity contribution in [2.24, 2.45) is 5.92 Å². The summed E-state index contributed by atoms with van der Waals surface area (Å²) in [7, 11) is 0. The minimum absolute atomic E-state index is 0.230. The maximum atomic E-state index is 12.8. The van der Waals surface area contributed by atoms with Crippen LogP contribution >= 0.6 is 0 Å². The van der Waals surface area contributed by atoms with Crippen molar-refractivity contribution in [2.45, 2.75) is 20.4 Å². The zero-order valence-electron chi connectivity index (χ0n) is 9.27. The van der Waals surface area contributed by atoms with Gasteiger partial charge in [0.1, 0.15) is 12.4 Å². The second-order valence-electron chi connectivity index (χ2n) is 3.89. The van der Waals surface area contributed by atoms with E-state index in [9.17, 15) is 14.0 Å². The molecule has 0 amide bonds. The van der Waals surface area contributed by atoms with Gasteiger partial charge in [-0.05, 0) is 12.0 Å². The molecule has 0 atom stereocenters. The second kappa shape index (κ2) is 5.44. The summed E-state index contributed by atoms with van der Waals surface area (Å²) in [4.78, 5) is 22.5. The molecular formula is C11H14FNO3. The topological polar surface area (TPSA) is 48.3 Å². The van der Waals surface area contributed by atoms with Gasteiger partial charge in [-0.15, -0.1) is 0 Å². The standard InChI is InChI=1S/C11H14FNO3/c1-8(2)7-16-11(15)6-13-5-9(12)3-4-10(13)14/h3-5,8H,6-7H2,1-2H3. The van der Waals surface area contributed by atoms with Crippen LogP contribution in [-0.2, 0) is 16.1 Å². The molecule has 0 fully saturated rings. The highest BCUT2D eigenvalue weighted by Gasteiger charge is 2.07. The smallest absolute Gasteiger partial charge is 0.326 e. The number of aromatic nitrogens is 1. The minimum Gasteiger partial charge on any atom is -0.464 e. The van der Waals surface area contributed by atoms with Crippen LogP contribution in [0.3, 0.4) is 0 Å². The summed E-state index contributed by atoms with van der Waals surface area (Å²) in [5.41, 5.74) is -0.428. The Morgan fingerprint density at radius 2 is 2.19 bits per heavy atom. The normalized spacial score (nSPS) is 10.5. The fraction of sp³-hybridized carbons (Fsp3) is 0.455. The third-order valence-electron chi connectivity index (χ3n) is 1.82. The first-order valence-electron chi connectivity index (χ1n) is 5.00. The van der Waals surface area contributed by atoms with Crippen molar-refractivity contribution in [2.75, 3.05) is 6.61 Å². The van der Waals surface area contributed by atoms with E-state index >= 15 is 0 Å². The van der Waals surface area contributed by atoms with E-state index in [1.54, 1.807) is 0 Å². The first-order chi connectivity index (χ1) is 7.49. The van der Waals surface area contributed by atoms with Crippen molar-refractivity contribution in [1.82, 2.24) is 4.57 Å². The molecular weight excluding hydrogens is 213 g/mol. The van der Waals surface area contributed by atoms with Gasteiger partial charge in [-0.3, -0.25) is 9.59 Å². The van der Waals surface area contributed by atoms with Crippen molar-refractivity contribution >= 4 is 5.97 Å². The summed E-state index contributed by atoms with van der Waals surface area (Å²) in [6, 6.07) is 2.13. The van der Waals surface area contributed by atoms with Gasteiger partial charge in [0.2, 0.25) is 0 Å². The Bertz CT molecular complexity index is 425. The number of ether oxygens (including phenoxy) is 1. The molecule has 88 valence electrons. The van der Waals surface area contributed by atoms with Gasteiger partial charge in [0.15, 0.2) is 0 Å². The zero-order valence-corrected chi connectivity index (χ0v) is 9.27. The molecule has 0 aliphatic rings. The van der Waals surface area contributed by atoms with Gasteiger partial charge >= 0.3 is 5.97 Å². The Hall–Kier alpha value is -1.65. The van der Waals surface area contributed by atoms with Crippen molar-refractivity contribution in [3.63, 3.8) is 0 Å². The molecule has 1 heterocycles. The minimum atomic E-state index is -0.559. The molecule has 0 N–H and O–H groups in total. The molecule has 0 unspecified atom stereocenters. The summed E-state index contributed by atoms with van der Waals surface area (Å²) in [6.45, 7) is 3.84. The highest BCUT2D eigenvalue weighted by atomic mass is 19.1. The van der Waals surface area contributed by atoms with Crippen LogP contribution in [0.5, 0.6) is 0 Å². The van der Waals surface area contributed by atoms with Crippen molar-refractivity contribution < 1.29 is 13.9 Å². The number of hydrogen-bond acceptors (Lipinski definition) is 3. The highest BCUT2D eigenvalue weighted by Crippen LogP contribution is 1.96. The molecule has 0 spiro atoms. The molecule has 0 bridgehead atoms. The quantitative estimate of drug-likeness (QED) is 0.726. The lowest BCUT2D eigenvalue weighted by atomic mass is 10.2. The Morgan fingerprint density at radius 1 is 1.50 bits per heavy atom. The first kappa shape index (κ1) is 12.4. The predicted octanol–water partition coefficient (Wildman–Crippen LogP) is 1.19. The van der Waals surface area contributed by atoms with Crippen LogP contribution in [0, 0.1) is 11.7 Å². The molecule has 0 aromatic carbocycles. The summed E-state index contributed by atoms with van der Waals surface area (Å²) < 4.78 is 18.7. The molecule has 0 radical (unpaired) electrons. The largest absolute Gasteiger partial charge is 0.464 e. The molecule has 1 aromatic rings. The van der Waals surface area contributed by atoms with Crippen molar-refractivity contribution in [3.05, 3.63) is 34.5 Å². The number of pyridine rings is 1. The first-order valence-corrected chi connectivity index (χ1v) is 5.00. The monoisotopic (exact) mass is 227 g/mol. The summed E-state index contributed by atoms with van der Waals surface area (Å²) >= 11 is 0. The third kappa shape index (κ3) is 3.84.